The third-order valence-corrected chi connectivity index (χ3v) is 12.4. The van der Waals surface area contributed by atoms with E-state index >= 15 is 0 Å². The predicted octanol–water partition coefficient (Wildman–Crippen LogP) is 10.3. The van der Waals surface area contributed by atoms with Crippen LogP contribution in [0.3, 0.4) is 0 Å². The minimum absolute atomic E-state index is 0.0238. The molecule has 6 unspecified atom stereocenters. The molecular formula is C50H89O13P. The molecule has 0 heterocycles. The van der Waals surface area contributed by atoms with Gasteiger partial charge < -0.3 is 39.9 Å². The number of hydrogen-bond donors (Lipinski definition) is 6. The van der Waals surface area contributed by atoms with Crippen LogP contribution in [0.1, 0.15) is 200 Å². The van der Waals surface area contributed by atoms with Crippen molar-refractivity contribution in [3.63, 3.8) is 0 Å². The van der Waals surface area contributed by atoms with Crippen molar-refractivity contribution in [1.82, 2.24) is 0 Å². The van der Waals surface area contributed by atoms with E-state index in [4.69, 9.17) is 18.5 Å². The minimum Gasteiger partial charge on any atom is -0.462 e. The standard InChI is InChI=1S/C50H89O13P/c1-3-5-7-9-11-13-15-17-18-19-20-21-22-23-24-25-27-28-30-32-34-36-38-43(51)60-40-42(41-61-64(58,59)63-50-48(56)46(54)45(53)47(55)49(50)57)62-44(52)39-37-35-33-31-29-26-16-14-12-10-8-6-4-2/h6,8,12,14,26,29,33,35,42,45-50,53-57H,3-5,7,9-11,13,15-25,27-28,30-32,34,36-41H2,1-2H3,(H,58,59)/b8-6-,14-12-,29-26-,35-33-. The SMILES string of the molecule is CC/C=C\C/C=C\C/C=C\C/C=C\CCC(=O)OC(COC(=O)CCCCCCCCCCCCCCCCCCCCCCCC)COP(=O)(O)OC1C(O)C(O)C(O)C(O)C1O. The topological polar surface area (TPSA) is 210 Å². The molecule has 0 spiro atoms. The highest BCUT2D eigenvalue weighted by atomic mass is 31.2. The monoisotopic (exact) mass is 929 g/mol. The number of aliphatic hydroxyl groups excluding tert-OH is 5. The quantitative estimate of drug-likeness (QED) is 0.0146. The number of unbranched alkanes of at least 4 members (excludes halogenated alkanes) is 21. The molecule has 1 aliphatic carbocycles. The lowest BCUT2D eigenvalue weighted by molar-refractivity contribution is -0.220. The number of carbonyl (C=O) groups is 2. The van der Waals surface area contributed by atoms with Gasteiger partial charge in [0.25, 0.3) is 0 Å². The summed E-state index contributed by atoms with van der Waals surface area (Å²) >= 11 is 0. The molecule has 6 atom stereocenters. The van der Waals surface area contributed by atoms with Gasteiger partial charge in [0.1, 0.15) is 43.2 Å². The average molecular weight is 929 g/mol. The van der Waals surface area contributed by atoms with Crippen molar-refractivity contribution in [1.29, 1.82) is 0 Å². The van der Waals surface area contributed by atoms with Crippen LogP contribution in [0.5, 0.6) is 0 Å². The fraction of sp³-hybridized carbons (Fsp3) is 0.800. The lowest BCUT2D eigenvalue weighted by Gasteiger charge is -2.41. The second-order valence-electron chi connectivity index (χ2n) is 17.3. The van der Waals surface area contributed by atoms with E-state index in [0.717, 1.165) is 38.5 Å². The van der Waals surface area contributed by atoms with Gasteiger partial charge in [-0.2, -0.15) is 0 Å². The summed E-state index contributed by atoms with van der Waals surface area (Å²) in [4.78, 5) is 35.7. The number of phosphoric ester groups is 1. The first kappa shape index (κ1) is 59.8. The third kappa shape index (κ3) is 31.7. The van der Waals surface area contributed by atoms with Crippen molar-refractivity contribution in [2.45, 2.75) is 243 Å². The summed E-state index contributed by atoms with van der Waals surface area (Å²) in [6, 6.07) is 0. The molecule has 0 aromatic carbocycles. The summed E-state index contributed by atoms with van der Waals surface area (Å²) in [5, 5.41) is 50.2. The maximum atomic E-state index is 12.8. The van der Waals surface area contributed by atoms with Gasteiger partial charge >= 0.3 is 19.8 Å². The number of hydrogen-bond acceptors (Lipinski definition) is 12. The number of aliphatic hydroxyl groups is 5. The first-order valence-corrected chi connectivity index (χ1v) is 26.4. The molecule has 0 amide bonds. The zero-order chi connectivity index (χ0) is 47.1. The lowest BCUT2D eigenvalue weighted by Crippen LogP contribution is -2.64. The summed E-state index contributed by atoms with van der Waals surface area (Å²) in [6.07, 6.45) is 34.8. The molecule has 0 aliphatic heterocycles. The molecule has 1 saturated carbocycles. The van der Waals surface area contributed by atoms with Crippen molar-refractivity contribution in [2.75, 3.05) is 13.2 Å². The molecule has 1 fully saturated rings. The van der Waals surface area contributed by atoms with E-state index in [9.17, 15) is 44.6 Å². The van der Waals surface area contributed by atoms with Gasteiger partial charge in [-0.05, 0) is 38.5 Å². The van der Waals surface area contributed by atoms with Gasteiger partial charge in [0.05, 0.1) is 6.61 Å². The molecule has 1 aliphatic rings. The third-order valence-electron chi connectivity index (χ3n) is 11.4. The van der Waals surface area contributed by atoms with Crippen LogP contribution in [0.2, 0.25) is 0 Å². The van der Waals surface area contributed by atoms with E-state index < -0.39 is 75.7 Å². The Bertz CT molecular complexity index is 1300. The smallest absolute Gasteiger partial charge is 0.462 e. The Kier molecular flexibility index (Phi) is 37.3. The summed E-state index contributed by atoms with van der Waals surface area (Å²) in [5.41, 5.74) is 0. The molecule has 1 rings (SSSR count). The van der Waals surface area contributed by atoms with E-state index in [-0.39, 0.29) is 12.8 Å². The molecule has 13 nitrogen and oxygen atoms in total. The van der Waals surface area contributed by atoms with E-state index in [1.807, 2.05) is 18.2 Å². The van der Waals surface area contributed by atoms with Gasteiger partial charge in [0.15, 0.2) is 6.10 Å². The maximum absolute atomic E-state index is 12.8. The van der Waals surface area contributed by atoms with Gasteiger partial charge in [0, 0.05) is 12.8 Å². The number of ether oxygens (including phenoxy) is 2. The van der Waals surface area contributed by atoms with Crippen molar-refractivity contribution >= 4 is 19.8 Å². The Morgan fingerprint density at radius 1 is 0.500 bits per heavy atom. The highest BCUT2D eigenvalue weighted by Crippen LogP contribution is 2.47. The van der Waals surface area contributed by atoms with Gasteiger partial charge in [-0.15, -0.1) is 0 Å². The van der Waals surface area contributed by atoms with Crippen molar-refractivity contribution < 1.29 is 63.1 Å². The lowest BCUT2D eigenvalue weighted by atomic mass is 9.85. The second kappa shape index (κ2) is 39.9. The molecule has 0 bridgehead atoms. The Balaban J connectivity index is 2.39. The number of allylic oxidation sites excluding steroid dienone is 8. The Hall–Kier alpha value is -2.19. The van der Waals surface area contributed by atoms with Crippen molar-refractivity contribution in [2.24, 2.45) is 0 Å². The van der Waals surface area contributed by atoms with E-state index in [1.54, 1.807) is 0 Å². The Morgan fingerprint density at radius 3 is 1.33 bits per heavy atom. The molecule has 0 aromatic rings. The molecule has 372 valence electrons. The maximum Gasteiger partial charge on any atom is 0.472 e. The van der Waals surface area contributed by atoms with Crippen LogP contribution in [-0.2, 0) is 32.7 Å². The predicted molar refractivity (Wildman–Crippen MR) is 253 cm³/mol. The van der Waals surface area contributed by atoms with E-state index in [0.29, 0.717) is 19.3 Å². The molecule has 64 heavy (non-hydrogen) atoms. The Morgan fingerprint density at radius 2 is 0.891 bits per heavy atom. The normalized spacial score (nSPS) is 21.9. The highest BCUT2D eigenvalue weighted by molar-refractivity contribution is 7.47. The molecule has 0 radical (unpaired) electrons. The summed E-state index contributed by atoms with van der Waals surface area (Å²) in [6.45, 7) is 3.14. The second-order valence-corrected chi connectivity index (χ2v) is 18.7. The first-order chi connectivity index (χ1) is 30.9. The van der Waals surface area contributed by atoms with Gasteiger partial charge in [-0.1, -0.05) is 197 Å². The van der Waals surface area contributed by atoms with Gasteiger partial charge in [-0.3, -0.25) is 18.6 Å². The molecule has 0 saturated heterocycles. The largest absolute Gasteiger partial charge is 0.472 e. The summed E-state index contributed by atoms with van der Waals surface area (Å²) in [7, 11) is -5.14. The van der Waals surface area contributed by atoms with Crippen LogP contribution in [0.15, 0.2) is 48.6 Å². The highest BCUT2D eigenvalue weighted by Gasteiger charge is 2.51. The van der Waals surface area contributed by atoms with Gasteiger partial charge in [-0.25, -0.2) is 4.57 Å². The zero-order valence-corrected chi connectivity index (χ0v) is 40.5. The molecule has 0 aromatic heterocycles. The van der Waals surface area contributed by atoms with Crippen LogP contribution in [0, 0.1) is 0 Å². The number of rotatable bonds is 41. The Labute approximate surface area is 386 Å². The number of esters is 2. The first-order valence-electron chi connectivity index (χ1n) is 24.9. The van der Waals surface area contributed by atoms with E-state index in [1.165, 1.54) is 116 Å². The fourth-order valence-electron chi connectivity index (χ4n) is 7.48. The van der Waals surface area contributed by atoms with Crippen LogP contribution in [0.25, 0.3) is 0 Å². The van der Waals surface area contributed by atoms with Crippen LogP contribution in [0.4, 0.5) is 0 Å². The average Bonchev–Trinajstić information content (AvgIpc) is 3.28. The summed E-state index contributed by atoms with van der Waals surface area (Å²) < 4.78 is 33.5. The van der Waals surface area contributed by atoms with E-state index in [2.05, 4.69) is 44.2 Å². The number of phosphoric acid groups is 1. The molecule has 6 N–H and O–H groups in total. The van der Waals surface area contributed by atoms with Gasteiger partial charge in [0.2, 0.25) is 0 Å². The van der Waals surface area contributed by atoms with Crippen LogP contribution >= 0.6 is 7.82 Å². The van der Waals surface area contributed by atoms with Crippen LogP contribution < -0.4 is 0 Å². The van der Waals surface area contributed by atoms with Crippen molar-refractivity contribution in [3.8, 4) is 0 Å². The van der Waals surface area contributed by atoms with Crippen molar-refractivity contribution in [3.05, 3.63) is 48.6 Å². The minimum atomic E-state index is -5.14. The zero-order valence-electron chi connectivity index (χ0n) is 39.6. The number of carbonyl (C=O) groups excluding carboxylic acids is 2. The molecule has 14 heteroatoms. The van der Waals surface area contributed by atoms with Crippen LogP contribution in [-0.4, -0.2) is 98.3 Å². The fourth-order valence-corrected chi connectivity index (χ4v) is 8.45. The summed E-state index contributed by atoms with van der Waals surface area (Å²) in [5.74, 6) is -1.19. The molecular weight excluding hydrogens is 840 g/mol.